The molecule has 1 atom stereocenters. The third-order valence-electron chi connectivity index (χ3n) is 4.34. The summed E-state index contributed by atoms with van der Waals surface area (Å²) < 4.78 is 26.7. The number of nitrogens with one attached hydrogen (secondary N) is 2. The van der Waals surface area contributed by atoms with E-state index < -0.39 is 10.0 Å². The summed E-state index contributed by atoms with van der Waals surface area (Å²) >= 11 is 0. The maximum Gasteiger partial charge on any atom is 0.243 e. The minimum atomic E-state index is -3.41. The Morgan fingerprint density at radius 3 is 2.38 bits per heavy atom. The third-order valence-corrected chi connectivity index (χ3v) is 6.25. The fourth-order valence-electron chi connectivity index (χ4n) is 2.65. The minimum Gasteiger partial charge on any atom is -0.354 e. The first-order valence-corrected chi connectivity index (χ1v) is 9.90. The Morgan fingerprint density at radius 1 is 1.17 bits per heavy atom. The van der Waals surface area contributed by atoms with Gasteiger partial charge in [-0.3, -0.25) is 4.79 Å². The lowest BCUT2D eigenvalue weighted by Gasteiger charge is -2.25. The lowest BCUT2D eigenvalue weighted by atomic mass is 10.1. The first kappa shape index (κ1) is 18.9. The highest BCUT2D eigenvalue weighted by atomic mass is 32.2. The molecule has 0 aliphatic carbocycles. The quantitative estimate of drug-likeness (QED) is 0.770. The van der Waals surface area contributed by atoms with Crippen molar-refractivity contribution in [2.75, 3.05) is 26.7 Å². The zero-order valence-corrected chi connectivity index (χ0v) is 15.2. The van der Waals surface area contributed by atoms with Gasteiger partial charge in [-0.05, 0) is 44.5 Å². The number of benzene rings is 1. The van der Waals surface area contributed by atoms with Gasteiger partial charge < -0.3 is 10.6 Å². The zero-order valence-electron chi connectivity index (χ0n) is 14.4. The predicted octanol–water partition coefficient (Wildman–Crippen LogP) is 1.13. The van der Waals surface area contributed by atoms with Crippen molar-refractivity contribution < 1.29 is 13.2 Å². The largest absolute Gasteiger partial charge is 0.354 e. The molecule has 1 aliphatic heterocycles. The number of carbonyl (C=O) groups is 1. The zero-order chi connectivity index (χ0) is 17.6. The lowest BCUT2D eigenvalue weighted by Crippen LogP contribution is -2.37. The molecule has 1 heterocycles. The first-order chi connectivity index (χ1) is 11.4. The molecule has 1 unspecified atom stereocenters. The molecule has 2 N–H and O–H groups in total. The second kappa shape index (κ2) is 8.60. The van der Waals surface area contributed by atoms with E-state index in [4.69, 9.17) is 0 Å². The summed E-state index contributed by atoms with van der Waals surface area (Å²) in [6.07, 6.45) is 3.18. The number of likely N-dealkylation sites (N-methyl/N-ethyl adjacent to an activating group) is 1. The summed E-state index contributed by atoms with van der Waals surface area (Å²) in [4.78, 5) is 12.2. The van der Waals surface area contributed by atoms with E-state index in [9.17, 15) is 13.2 Å². The van der Waals surface area contributed by atoms with Crippen LogP contribution in [0.2, 0.25) is 0 Å². The van der Waals surface area contributed by atoms with Gasteiger partial charge in [0.2, 0.25) is 15.9 Å². The van der Waals surface area contributed by atoms with Crippen molar-refractivity contribution in [1.82, 2.24) is 14.9 Å². The minimum absolute atomic E-state index is 0.0660. The second-order valence-electron chi connectivity index (χ2n) is 6.28. The molecule has 0 saturated carbocycles. The monoisotopic (exact) mass is 353 g/mol. The van der Waals surface area contributed by atoms with E-state index in [1.54, 1.807) is 28.6 Å². The van der Waals surface area contributed by atoms with E-state index >= 15 is 0 Å². The fourth-order valence-corrected chi connectivity index (χ4v) is 4.17. The van der Waals surface area contributed by atoms with Gasteiger partial charge in [0, 0.05) is 25.7 Å². The topological polar surface area (TPSA) is 78.5 Å². The van der Waals surface area contributed by atoms with E-state index in [-0.39, 0.29) is 18.4 Å². The second-order valence-corrected chi connectivity index (χ2v) is 8.22. The molecular weight excluding hydrogens is 326 g/mol. The normalized spacial score (nSPS) is 17.4. The smallest absolute Gasteiger partial charge is 0.243 e. The van der Waals surface area contributed by atoms with Crippen LogP contribution in [0.3, 0.4) is 0 Å². The molecule has 1 aliphatic rings. The summed E-state index contributed by atoms with van der Waals surface area (Å²) in [6, 6.07) is 6.85. The van der Waals surface area contributed by atoms with Crippen LogP contribution in [0.5, 0.6) is 0 Å². The van der Waals surface area contributed by atoms with E-state index in [1.165, 1.54) is 0 Å². The van der Waals surface area contributed by atoms with Crippen LogP contribution in [0.25, 0.3) is 0 Å². The molecule has 0 spiro atoms. The lowest BCUT2D eigenvalue weighted by molar-refractivity contribution is -0.120. The van der Waals surface area contributed by atoms with Gasteiger partial charge in [0.15, 0.2) is 0 Å². The molecule has 0 aromatic heterocycles. The van der Waals surface area contributed by atoms with Crippen molar-refractivity contribution in [2.45, 2.75) is 43.5 Å². The SMILES string of the molecule is CNC(C)CNC(=O)Cc1ccc(S(=O)(=O)N2CCCCC2)cc1. The average molecular weight is 353 g/mol. The van der Waals surface area contributed by atoms with Gasteiger partial charge in [-0.1, -0.05) is 18.6 Å². The number of piperidine rings is 1. The molecule has 0 radical (unpaired) electrons. The van der Waals surface area contributed by atoms with Crippen LogP contribution in [0.15, 0.2) is 29.2 Å². The van der Waals surface area contributed by atoms with E-state index in [0.29, 0.717) is 24.5 Å². The van der Waals surface area contributed by atoms with Crippen LogP contribution < -0.4 is 10.6 Å². The van der Waals surface area contributed by atoms with Crippen molar-refractivity contribution in [3.8, 4) is 0 Å². The number of sulfonamides is 1. The molecule has 1 aromatic rings. The Kier molecular flexibility index (Phi) is 6.77. The van der Waals surface area contributed by atoms with Crippen molar-refractivity contribution >= 4 is 15.9 Å². The predicted molar refractivity (Wildman–Crippen MR) is 94.3 cm³/mol. The van der Waals surface area contributed by atoms with Crippen LogP contribution in [0, 0.1) is 0 Å². The van der Waals surface area contributed by atoms with Crippen molar-refractivity contribution in [1.29, 1.82) is 0 Å². The summed E-state index contributed by atoms with van der Waals surface area (Å²) in [6.45, 7) is 3.74. The van der Waals surface area contributed by atoms with Gasteiger partial charge in [0.05, 0.1) is 11.3 Å². The molecule has 7 heteroatoms. The molecule has 1 fully saturated rings. The molecule has 134 valence electrons. The highest BCUT2D eigenvalue weighted by Crippen LogP contribution is 2.20. The number of hydrogen-bond acceptors (Lipinski definition) is 4. The van der Waals surface area contributed by atoms with E-state index in [2.05, 4.69) is 10.6 Å². The number of amides is 1. The molecule has 1 aromatic carbocycles. The fraction of sp³-hybridized carbons (Fsp3) is 0.588. The maximum absolute atomic E-state index is 12.6. The van der Waals surface area contributed by atoms with Crippen molar-refractivity contribution in [3.05, 3.63) is 29.8 Å². The van der Waals surface area contributed by atoms with Gasteiger partial charge in [0.1, 0.15) is 0 Å². The van der Waals surface area contributed by atoms with Crippen LogP contribution >= 0.6 is 0 Å². The van der Waals surface area contributed by atoms with Gasteiger partial charge >= 0.3 is 0 Å². The van der Waals surface area contributed by atoms with E-state index in [0.717, 1.165) is 24.8 Å². The molecule has 6 nitrogen and oxygen atoms in total. The Morgan fingerprint density at radius 2 is 1.79 bits per heavy atom. The summed E-state index contributed by atoms with van der Waals surface area (Å²) in [5.41, 5.74) is 0.808. The Labute approximate surface area is 144 Å². The molecule has 1 saturated heterocycles. The summed E-state index contributed by atoms with van der Waals surface area (Å²) in [5, 5.41) is 5.90. The average Bonchev–Trinajstić information content (AvgIpc) is 2.61. The number of hydrogen-bond donors (Lipinski definition) is 2. The molecule has 1 amide bonds. The highest BCUT2D eigenvalue weighted by Gasteiger charge is 2.25. The third kappa shape index (κ3) is 5.03. The Bertz CT molecular complexity index is 638. The van der Waals surface area contributed by atoms with Crippen LogP contribution in [0.1, 0.15) is 31.7 Å². The molecule has 24 heavy (non-hydrogen) atoms. The van der Waals surface area contributed by atoms with Gasteiger partial charge in [-0.15, -0.1) is 0 Å². The van der Waals surface area contributed by atoms with E-state index in [1.807, 2.05) is 14.0 Å². The first-order valence-electron chi connectivity index (χ1n) is 8.46. The highest BCUT2D eigenvalue weighted by molar-refractivity contribution is 7.89. The number of carbonyl (C=O) groups excluding carboxylic acids is 1. The number of rotatable bonds is 7. The van der Waals surface area contributed by atoms with Crippen LogP contribution in [-0.4, -0.2) is 51.4 Å². The molecule has 0 bridgehead atoms. The molecule has 2 rings (SSSR count). The summed E-state index contributed by atoms with van der Waals surface area (Å²) in [7, 11) is -1.56. The van der Waals surface area contributed by atoms with Crippen LogP contribution in [0.4, 0.5) is 0 Å². The van der Waals surface area contributed by atoms with Gasteiger partial charge in [-0.25, -0.2) is 8.42 Å². The van der Waals surface area contributed by atoms with Gasteiger partial charge in [-0.2, -0.15) is 4.31 Å². The molecular formula is C17H27N3O3S. The van der Waals surface area contributed by atoms with Gasteiger partial charge in [0.25, 0.3) is 0 Å². The van der Waals surface area contributed by atoms with Crippen molar-refractivity contribution in [3.63, 3.8) is 0 Å². The van der Waals surface area contributed by atoms with Crippen LogP contribution in [-0.2, 0) is 21.2 Å². The standard InChI is InChI=1S/C17H27N3O3S/c1-14(18-2)13-19-17(21)12-15-6-8-16(9-7-15)24(22,23)20-10-4-3-5-11-20/h6-9,14,18H,3-5,10-13H2,1-2H3,(H,19,21). The number of nitrogens with zero attached hydrogens (tertiary/aromatic N) is 1. The maximum atomic E-state index is 12.6. The van der Waals surface area contributed by atoms with Crippen molar-refractivity contribution in [2.24, 2.45) is 0 Å². The Hall–Kier alpha value is -1.44. The Balaban J connectivity index is 1.96. The summed E-state index contributed by atoms with van der Waals surface area (Å²) in [5.74, 6) is -0.0660.